The molecule has 0 aliphatic heterocycles. The third kappa shape index (κ3) is 3.15. The van der Waals surface area contributed by atoms with Gasteiger partial charge in [0.05, 0.1) is 11.0 Å². The standard InChI is InChI=1S/C19H18FN3O3/c1-3-23-16-9-8-12(10-15(16)21-17(24)19(23)26)18(25)22(2)11-13-6-4-5-7-14(13)20/h4-10H,3,11H2,1-2H3,(H,21,24). The van der Waals surface area contributed by atoms with Crippen molar-refractivity contribution in [1.82, 2.24) is 14.5 Å². The summed E-state index contributed by atoms with van der Waals surface area (Å²) in [5.74, 6) is -0.688. The van der Waals surface area contributed by atoms with Crippen LogP contribution < -0.4 is 11.1 Å². The molecule has 26 heavy (non-hydrogen) atoms. The van der Waals surface area contributed by atoms with Gasteiger partial charge in [-0.3, -0.25) is 14.4 Å². The predicted molar refractivity (Wildman–Crippen MR) is 96.7 cm³/mol. The Morgan fingerprint density at radius 2 is 1.92 bits per heavy atom. The average molecular weight is 355 g/mol. The van der Waals surface area contributed by atoms with Crippen LogP contribution in [0.25, 0.3) is 11.0 Å². The van der Waals surface area contributed by atoms with Crippen LogP contribution in [0.5, 0.6) is 0 Å². The Labute approximate surface area is 148 Å². The summed E-state index contributed by atoms with van der Waals surface area (Å²) in [6, 6.07) is 11.0. The van der Waals surface area contributed by atoms with Gasteiger partial charge < -0.3 is 14.5 Å². The first kappa shape index (κ1) is 17.6. The van der Waals surface area contributed by atoms with Crippen molar-refractivity contribution in [3.05, 3.63) is 80.1 Å². The Bertz CT molecular complexity index is 1100. The summed E-state index contributed by atoms with van der Waals surface area (Å²) < 4.78 is 15.1. The molecule has 0 bridgehead atoms. The highest BCUT2D eigenvalue weighted by molar-refractivity contribution is 5.97. The molecule has 0 atom stereocenters. The average Bonchev–Trinajstić information content (AvgIpc) is 2.63. The molecule has 134 valence electrons. The van der Waals surface area contributed by atoms with Crippen molar-refractivity contribution < 1.29 is 9.18 Å². The fraction of sp³-hybridized carbons (Fsp3) is 0.211. The number of hydrogen-bond donors (Lipinski definition) is 1. The summed E-state index contributed by atoms with van der Waals surface area (Å²) in [6.07, 6.45) is 0. The maximum atomic E-state index is 13.8. The zero-order valence-electron chi connectivity index (χ0n) is 14.5. The van der Waals surface area contributed by atoms with Crippen molar-refractivity contribution in [3.63, 3.8) is 0 Å². The van der Waals surface area contributed by atoms with Crippen molar-refractivity contribution in [1.29, 1.82) is 0 Å². The molecule has 7 heteroatoms. The minimum atomic E-state index is -0.733. The van der Waals surface area contributed by atoms with Gasteiger partial charge in [0.1, 0.15) is 5.82 Å². The van der Waals surface area contributed by atoms with Crippen LogP contribution in [0.4, 0.5) is 4.39 Å². The molecule has 1 N–H and O–H groups in total. The van der Waals surface area contributed by atoms with Crippen molar-refractivity contribution >= 4 is 16.9 Å². The van der Waals surface area contributed by atoms with E-state index < -0.39 is 11.1 Å². The summed E-state index contributed by atoms with van der Waals surface area (Å²) in [5, 5.41) is 0. The molecular formula is C19H18FN3O3. The number of hydrogen-bond acceptors (Lipinski definition) is 3. The second-order valence-corrected chi connectivity index (χ2v) is 5.99. The molecule has 0 spiro atoms. The zero-order valence-corrected chi connectivity index (χ0v) is 14.5. The van der Waals surface area contributed by atoms with E-state index in [0.29, 0.717) is 28.7 Å². The second-order valence-electron chi connectivity index (χ2n) is 5.99. The summed E-state index contributed by atoms with van der Waals surface area (Å²) in [4.78, 5) is 40.2. The first-order valence-electron chi connectivity index (χ1n) is 8.18. The van der Waals surface area contributed by atoms with E-state index >= 15 is 0 Å². The summed E-state index contributed by atoms with van der Waals surface area (Å²) >= 11 is 0. The number of H-pyrrole nitrogens is 1. The van der Waals surface area contributed by atoms with E-state index in [4.69, 9.17) is 0 Å². The lowest BCUT2D eigenvalue weighted by atomic mass is 10.1. The van der Waals surface area contributed by atoms with Gasteiger partial charge in [0.15, 0.2) is 0 Å². The molecule has 0 aliphatic carbocycles. The zero-order chi connectivity index (χ0) is 18.8. The van der Waals surface area contributed by atoms with Gasteiger partial charge >= 0.3 is 11.1 Å². The lowest BCUT2D eigenvalue weighted by Crippen LogP contribution is -2.36. The lowest BCUT2D eigenvalue weighted by molar-refractivity contribution is 0.0784. The number of aryl methyl sites for hydroxylation is 1. The molecular weight excluding hydrogens is 337 g/mol. The Kier molecular flexibility index (Phi) is 4.71. The summed E-state index contributed by atoms with van der Waals surface area (Å²) in [7, 11) is 1.58. The van der Waals surface area contributed by atoms with Gasteiger partial charge in [-0.15, -0.1) is 0 Å². The SMILES string of the molecule is CCn1c(=O)c(=O)[nH]c2cc(C(=O)N(C)Cc3ccccc3F)ccc21. The fourth-order valence-electron chi connectivity index (χ4n) is 2.90. The molecule has 0 saturated heterocycles. The van der Waals surface area contributed by atoms with Gasteiger partial charge in [0, 0.05) is 31.3 Å². The van der Waals surface area contributed by atoms with Crippen molar-refractivity contribution in [2.24, 2.45) is 0 Å². The van der Waals surface area contributed by atoms with E-state index in [1.807, 2.05) is 0 Å². The number of rotatable bonds is 4. The number of benzene rings is 2. The van der Waals surface area contributed by atoms with Crippen LogP contribution in [0.2, 0.25) is 0 Å². The highest BCUT2D eigenvalue weighted by atomic mass is 19.1. The number of aromatic nitrogens is 2. The Morgan fingerprint density at radius 1 is 1.19 bits per heavy atom. The number of carbonyl (C=O) groups is 1. The number of fused-ring (bicyclic) bond motifs is 1. The predicted octanol–water partition coefficient (Wildman–Crippen LogP) is 2.12. The molecule has 0 unspecified atom stereocenters. The molecule has 1 aromatic heterocycles. The maximum Gasteiger partial charge on any atom is 0.316 e. The first-order chi connectivity index (χ1) is 12.4. The first-order valence-corrected chi connectivity index (χ1v) is 8.18. The van der Waals surface area contributed by atoms with E-state index in [9.17, 15) is 18.8 Å². The van der Waals surface area contributed by atoms with Gasteiger partial charge in [-0.2, -0.15) is 0 Å². The molecule has 1 amide bonds. The molecule has 0 fully saturated rings. The number of halogens is 1. The van der Waals surface area contributed by atoms with Gasteiger partial charge in [0.25, 0.3) is 5.91 Å². The topological polar surface area (TPSA) is 75.2 Å². The minimum Gasteiger partial charge on any atom is -0.337 e. The number of nitrogens with one attached hydrogen (secondary N) is 1. The van der Waals surface area contributed by atoms with Crippen LogP contribution in [-0.4, -0.2) is 27.4 Å². The summed E-state index contributed by atoms with van der Waals surface area (Å²) in [6.45, 7) is 2.23. The number of amides is 1. The van der Waals surface area contributed by atoms with Crippen molar-refractivity contribution in [3.8, 4) is 0 Å². The molecule has 0 radical (unpaired) electrons. The van der Waals surface area contributed by atoms with Crippen molar-refractivity contribution in [2.45, 2.75) is 20.0 Å². The number of carbonyl (C=O) groups excluding carboxylic acids is 1. The third-order valence-electron chi connectivity index (χ3n) is 4.25. The number of nitrogens with zero attached hydrogens (tertiary/aromatic N) is 2. The van der Waals surface area contributed by atoms with Crippen LogP contribution in [0.1, 0.15) is 22.8 Å². The van der Waals surface area contributed by atoms with Crippen LogP contribution in [0, 0.1) is 5.82 Å². The Morgan fingerprint density at radius 3 is 2.62 bits per heavy atom. The Balaban J connectivity index is 1.96. The quantitative estimate of drug-likeness (QED) is 0.729. The molecule has 0 saturated carbocycles. The third-order valence-corrected chi connectivity index (χ3v) is 4.25. The molecule has 3 rings (SSSR count). The largest absolute Gasteiger partial charge is 0.337 e. The number of aromatic amines is 1. The fourth-order valence-corrected chi connectivity index (χ4v) is 2.90. The smallest absolute Gasteiger partial charge is 0.316 e. The highest BCUT2D eigenvalue weighted by Gasteiger charge is 2.15. The van der Waals surface area contributed by atoms with Crippen molar-refractivity contribution in [2.75, 3.05) is 7.05 Å². The normalized spacial score (nSPS) is 10.9. The van der Waals surface area contributed by atoms with Gasteiger partial charge in [0.2, 0.25) is 0 Å². The van der Waals surface area contributed by atoms with Crippen LogP contribution in [0.15, 0.2) is 52.1 Å². The van der Waals surface area contributed by atoms with Crippen LogP contribution in [-0.2, 0) is 13.1 Å². The van der Waals surface area contributed by atoms with E-state index in [0.717, 1.165) is 0 Å². The highest BCUT2D eigenvalue weighted by Crippen LogP contribution is 2.15. The monoisotopic (exact) mass is 355 g/mol. The maximum absolute atomic E-state index is 13.8. The lowest BCUT2D eigenvalue weighted by Gasteiger charge is -2.18. The van der Waals surface area contributed by atoms with Gasteiger partial charge in [-0.1, -0.05) is 18.2 Å². The van der Waals surface area contributed by atoms with E-state index in [1.54, 1.807) is 44.3 Å². The molecule has 0 aliphatic rings. The van der Waals surface area contributed by atoms with Gasteiger partial charge in [-0.25, -0.2) is 4.39 Å². The van der Waals surface area contributed by atoms with Gasteiger partial charge in [-0.05, 0) is 31.2 Å². The minimum absolute atomic E-state index is 0.120. The molecule has 6 nitrogen and oxygen atoms in total. The Hall–Kier alpha value is -3.22. The molecule has 1 heterocycles. The molecule has 3 aromatic rings. The molecule has 2 aromatic carbocycles. The van der Waals surface area contributed by atoms with E-state index in [2.05, 4.69) is 4.98 Å². The van der Waals surface area contributed by atoms with Crippen LogP contribution in [0.3, 0.4) is 0 Å². The van der Waals surface area contributed by atoms with E-state index in [-0.39, 0.29) is 18.3 Å². The van der Waals surface area contributed by atoms with E-state index in [1.165, 1.54) is 21.6 Å². The second kappa shape index (κ2) is 6.95. The summed E-state index contributed by atoms with van der Waals surface area (Å²) in [5.41, 5.74) is 0.345. The van der Waals surface area contributed by atoms with Crippen LogP contribution >= 0.6 is 0 Å².